The third-order valence-electron chi connectivity index (χ3n) is 1.85. The first-order valence-electron chi connectivity index (χ1n) is 4.50. The van der Waals surface area contributed by atoms with Gasteiger partial charge in [0.2, 0.25) is 5.75 Å². The molecule has 2 N–H and O–H groups in total. The second-order valence-electron chi connectivity index (χ2n) is 3.12. The van der Waals surface area contributed by atoms with Crippen LogP contribution in [0.4, 0.5) is 13.2 Å². The summed E-state index contributed by atoms with van der Waals surface area (Å²) in [6, 6.07) is 0. The van der Waals surface area contributed by atoms with Crippen LogP contribution in [-0.2, 0) is 11.2 Å². The molecule has 0 amide bonds. The van der Waals surface area contributed by atoms with Crippen LogP contribution in [0.25, 0.3) is 0 Å². The third-order valence-corrected chi connectivity index (χ3v) is 1.85. The molecule has 1 heterocycles. The van der Waals surface area contributed by atoms with Gasteiger partial charge >= 0.3 is 12.3 Å². The fourth-order valence-corrected chi connectivity index (χ4v) is 1.24. The van der Waals surface area contributed by atoms with Crippen molar-refractivity contribution in [2.75, 3.05) is 7.11 Å². The second kappa shape index (κ2) is 4.98. The van der Waals surface area contributed by atoms with Crippen molar-refractivity contribution in [3.8, 4) is 11.5 Å². The monoisotopic (exact) mass is 267 g/mol. The number of rotatable bonds is 4. The number of methoxy groups -OCH3 is 1. The van der Waals surface area contributed by atoms with E-state index in [1.165, 1.54) is 0 Å². The minimum Gasteiger partial charge on any atom is -0.488 e. The molecule has 100 valence electrons. The largest absolute Gasteiger partial charge is 0.573 e. The highest BCUT2D eigenvalue weighted by molar-refractivity contribution is 5.71. The van der Waals surface area contributed by atoms with E-state index in [2.05, 4.69) is 14.5 Å². The SMILES string of the molecule is COc1c(OC(F)(F)F)c(CC(=O)O)c[nH]c1=O. The number of aromatic amines is 1. The second-order valence-corrected chi connectivity index (χ2v) is 3.12. The fourth-order valence-electron chi connectivity index (χ4n) is 1.24. The number of aromatic nitrogens is 1. The minimum absolute atomic E-state index is 0.351. The van der Waals surface area contributed by atoms with Crippen LogP contribution in [0.15, 0.2) is 11.0 Å². The quantitative estimate of drug-likeness (QED) is 0.846. The molecule has 0 radical (unpaired) electrons. The summed E-state index contributed by atoms with van der Waals surface area (Å²) >= 11 is 0. The van der Waals surface area contributed by atoms with Gasteiger partial charge in [-0.2, -0.15) is 0 Å². The third kappa shape index (κ3) is 3.40. The van der Waals surface area contributed by atoms with Gasteiger partial charge in [-0.05, 0) is 0 Å². The zero-order chi connectivity index (χ0) is 13.9. The summed E-state index contributed by atoms with van der Waals surface area (Å²) in [5.41, 5.74) is -1.30. The highest BCUT2D eigenvalue weighted by atomic mass is 19.4. The Kier molecular flexibility index (Phi) is 3.84. The molecule has 0 aliphatic heterocycles. The predicted octanol–water partition coefficient (Wildman–Crippen LogP) is 0.909. The summed E-state index contributed by atoms with van der Waals surface area (Å²) < 4.78 is 44.6. The Hall–Kier alpha value is -2.19. The molecule has 0 aliphatic carbocycles. The number of carbonyl (C=O) groups is 1. The van der Waals surface area contributed by atoms with E-state index in [1.54, 1.807) is 0 Å². The van der Waals surface area contributed by atoms with Crippen molar-refractivity contribution in [2.45, 2.75) is 12.8 Å². The van der Waals surface area contributed by atoms with Crippen LogP contribution in [0.2, 0.25) is 0 Å². The first-order chi connectivity index (χ1) is 8.24. The fraction of sp³-hybridized carbons (Fsp3) is 0.333. The highest BCUT2D eigenvalue weighted by Gasteiger charge is 2.34. The smallest absolute Gasteiger partial charge is 0.488 e. The van der Waals surface area contributed by atoms with Gasteiger partial charge in [-0.15, -0.1) is 13.2 Å². The summed E-state index contributed by atoms with van der Waals surface area (Å²) in [7, 11) is 0.971. The van der Waals surface area contributed by atoms with E-state index in [0.717, 1.165) is 13.3 Å². The molecule has 18 heavy (non-hydrogen) atoms. The Morgan fingerprint density at radius 1 is 1.44 bits per heavy atom. The molecule has 1 aromatic rings. The van der Waals surface area contributed by atoms with E-state index >= 15 is 0 Å². The number of halogens is 3. The van der Waals surface area contributed by atoms with Crippen LogP contribution in [0.3, 0.4) is 0 Å². The lowest BCUT2D eigenvalue weighted by molar-refractivity contribution is -0.275. The van der Waals surface area contributed by atoms with Crippen molar-refractivity contribution in [1.82, 2.24) is 4.98 Å². The molecular weight excluding hydrogens is 259 g/mol. The molecule has 1 aromatic heterocycles. The molecule has 0 aromatic carbocycles. The van der Waals surface area contributed by atoms with Crippen LogP contribution in [-0.4, -0.2) is 29.5 Å². The zero-order valence-corrected chi connectivity index (χ0v) is 9.00. The Morgan fingerprint density at radius 3 is 2.50 bits per heavy atom. The Balaban J connectivity index is 3.34. The van der Waals surface area contributed by atoms with Gasteiger partial charge in [0, 0.05) is 11.8 Å². The lowest BCUT2D eigenvalue weighted by Crippen LogP contribution is -2.22. The molecule has 1 rings (SSSR count). The number of carboxylic acid groups (broad SMARTS) is 1. The van der Waals surface area contributed by atoms with Gasteiger partial charge in [-0.3, -0.25) is 9.59 Å². The topological polar surface area (TPSA) is 88.6 Å². The van der Waals surface area contributed by atoms with Gasteiger partial charge in [-0.1, -0.05) is 0 Å². The number of hydrogen-bond donors (Lipinski definition) is 2. The lowest BCUT2D eigenvalue weighted by atomic mass is 10.2. The number of ether oxygens (including phenoxy) is 2. The van der Waals surface area contributed by atoms with Gasteiger partial charge in [0.1, 0.15) is 0 Å². The Bertz CT molecular complexity index is 508. The van der Waals surface area contributed by atoms with E-state index < -0.39 is 35.8 Å². The van der Waals surface area contributed by atoms with Crippen molar-refractivity contribution in [2.24, 2.45) is 0 Å². The van der Waals surface area contributed by atoms with Gasteiger partial charge in [-0.25, -0.2) is 0 Å². The maximum absolute atomic E-state index is 12.2. The Labute approximate surface area is 98.0 Å². The van der Waals surface area contributed by atoms with Crippen molar-refractivity contribution in [3.63, 3.8) is 0 Å². The van der Waals surface area contributed by atoms with Crippen LogP contribution in [0.5, 0.6) is 11.5 Å². The summed E-state index contributed by atoms with van der Waals surface area (Å²) in [5.74, 6) is -3.06. The van der Waals surface area contributed by atoms with E-state index in [4.69, 9.17) is 5.11 Å². The molecular formula is C9H8F3NO5. The molecule has 0 bridgehead atoms. The number of carboxylic acids is 1. The molecule has 0 saturated heterocycles. The van der Waals surface area contributed by atoms with Gasteiger partial charge < -0.3 is 19.6 Å². The van der Waals surface area contributed by atoms with E-state index in [0.29, 0.717) is 0 Å². The summed E-state index contributed by atoms with van der Waals surface area (Å²) in [4.78, 5) is 23.8. The number of nitrogens with one attached hydrogen (secondary N) is 1. The van der Waals surface area contributed by atoms with Crippen LogP contribution in [0.1, 0.15) is 5.56 Å². The number of H-pyrrole nitrogens is 1. The summed E-state index contributed by atoms with van der Waals surface area (Å²) in [6.07, 6.45) is -4.98. The molecule has 0 atom stereocenters. The van der Waals surface area contributed by atoms with Crippen LogP contribution < -0.4 is 15.0 Å². The van der Waals surface area contributed by atoms with E-state index in [1.807, 2.05) is 0 Å². The number of hydrogen-bond acceptors (Lipinski definition) is 4. The van der Waals surface area contributed by atoms with E-state index in [-0.39, 0.29) is 5.56 Å². The normalized spacial score (nSPS) is 11.1. The number of aliphatic carboxylic acids is 1. The van der Waals surface area contributed by atoms with E-state index in [9.17, 15) is 22.8 Å². The highest BCUT2D eigenvalue weighted by Crippen LogP contribution is 2.32. The van der Waals surface area contributed by atoms with Crippen LogP contribution >= 0.6 is 0 Å². The van der Waals surface area contributed by atoms with Crippen LogP contribution in [0, 0.1) is 0 Å². The first kappa shape index (κ1) is 13.9. The van der Waals surface area contributed by atoms with Gasteiger partial charge in [0.25, 0.3) is 5.56 Å². The average molecular weight is 267 g/mol. The molecule has 0 spiro atoms. The first-order valence-corrected chi connectivity index (χ1v) is 4.50. The maximum atomic E-state index is 12.2. The zero-order valence-electron chi connectivity index (χ0n) is 9.00. The lowest BCUT2D eigenvalue weighted by Gasteiger charge is -2.14. The van der Waals surface area contributed by atoms with Crippen molar-refractivity contribution >= 4 is 5.97 Å². The molecule has 0 fully saturated rings. The molecule has 0 aliphatic rings. The van der Waals surface area contributed by atoms with Crippen molar-refractivity contribution in [3.05, 3.63) is 22.1 Å². The number of pyridine rings is 1. The predicted molar refractivity (Wildman–Crippen MR) is 51.6 cm³/mol. The summed E-state index contributed by atoms with van der Waals surface area (Å²) in [5, 5.41) is 8.55. The Morgan fingerprint density at radius 2 is 2.06 bits per heavy atom. The number of alkyl halides is 3. The average Bonchev–Trinajstić information content (AvgIpc) is 2.20. The molecule has 0 saturated carbocycles. The maximum Gasteiger partial charge on any atom is 0.573 e. The van der Waals surface area contributed by atoms with Gasteiger partial charge in [0.05, 0.1) is 13.5 Å². The standard InChI is InChI=1S/C9H8F3NO5/c1-17-7-6(18-9(10,11)12)4(2-5(14)15)3-13-8(7)16/h3H,2H2,1H3,(H,13,16)(H,14,15). The molecule has 6 nitrogen and oxygen atoms in total. The molecule has 0 unspecified atom stereocenters. The molecule has 9 heteroatoms. The van der Waals surface area contributed by atoms with Gasteiger partial charge in [0.15, 0.2) is 5.75 Å². The van der Waals surface area contributed by atoms with Crippen molar-refractivity contribution in [1.29, 1.82) is 0 Å². The van der Waals surface area contributed by atoms with Crippen molar-refractivity contribution < 1.29 is 32.5 Å². The summed E-state index contributed by atoms with van der Waals surface area (Å²) in [6.45, 7) is 0. The minimum atomic E-state index is -5.06.